The topological polar surface area (TPSA) is 58.5 Å². The van der Waals surface area contributed by atoms with E-state index in [0.29, 0.717) is 11.3 Å². The minimum atomic E-state index is -1.62. The molecule has 0 aliphatic heterocycles. The molecule has 0 atom stereocenters. The Morgan fingerprint density at radius 2 is 2.29 bits per heavy atom. The van der Waals surface area contributed by atoms with Crippen LogP contribution in [-0.2, 0) is 4.53 Å². The molecule has 0 fully saturated rings. The maximum Gasteiger partial charge on any atom is 0.278 e. The highest BCUT2D eigenvalue weighted by atomic mass is 28.4. The molecule has 0 spiro atoms. The van der Waals surface area contributed by atoms with Crippen molar-refractivity contribution >= 4 is 14.5 Å². The monoisotopic (exact) mass is 208 g/mol. The Bertz CT molecular complexity index is 371. The fourth-order valence-corrected chi connectivity index (χ4v) is 1.08. The van der Waals surface area contributed by atoms with Crippen LogP contribution in [0.5, 0.6) is 0 Å². The maximum absolute atomic E-state index is 8.53. The number of hydrogen-bond donors (Lipinski definition) is 0. The molecule has 1 aromatic heterocycles. The maximum atomic E-state index is 8.53. The van der Waals surface area contributed by atoms with Crippen molar-refractivity contribution in [2.24, 2.45) is 5.16 Å². The lowest BCUT2D eigenvalue weighted by atomic mass is 10.3. The molecule has 0 aliphatic rings. The van der Waals surface area contributed by atoms with Gasteiger partial charge in [-0.25, -0.2) is 0 Å². The summed E-state index contributed by atoms with van der Waals surface area (Å²) in [5, 5.41) is 12.3. The zero-order valence-electron chi connectivity index (χ0n) is 8.44. The van der Waals surface area contributed by atoms with E-state index >= 15 is 0 Å². The molecule has 0 saturated carbocycles. The van der Waals surface area contributed by atoms with Crippen LogP contribution >= 0.6 is 0 Å². The Morgan fingerprint density at radius 3 is 2.79 bits per heavy atom. The van der Waals surface area contributed by atoms with E-state index in [1.54, 1.807) is 6.07 Å². The fourth-order valence-electron chi connectivity index (χ4n) is 0.716. The summed E-state index contributed by atoms with van der Waals surface area (Å²) in [6.45, 7) is 6.10. The quantitative estimate of drug-likeness (QED) is 0.435. The zero-order chi connectivity index (χ0) is 10.6. The Morgan fingerprint density at radius 1 is 1.57 bits per heavy atom. The van der Waals surface area contributed by atoms with E-state index in [9.17, 15) is 0 Å². The van der Waals surface area contributed by atoms with Crippen molar-refractivity contribution in [2.75, 3.05) is 0 Å². The van der Waals surface area contributed by atoms with Gasteiger partial charge in [-0.05, 0) is 19.6 Å². The molecule has 0 amide bonds. The molecule has 0 aromatic carbocycles. The van der Waals surface area contributed by atoms with Gasteiger partial charge < -0.3 is 8.94 Å². The molecule has 14 heavy (non-hydrogen) atoms. The van der Waals surface area contributed by atoms with Crippen LogP contribution in [0.3, 0.4) is 0 Å². The van der Waals surface area contributed by atoms with Gasteiger partial charge in [0.05, 0.1) is 5.56 Å². The molecule has 0 unspecified atom stereocenters. The number of oxime groups is 1. The first kappa shape index (κ1) is 10.5. The number of nitriles is 1. The highest BCUT2D eigenvalue weighted by molar-refractivity contribution is 6.69. The summed E-state index contributed by atoms with van der Waals surface area (Å²) in [5.41, 5.74) is 0.486. The van der Waals surface area contributed by atoms with Gasteiger partial charge in [0.2, 0.25) is 0 Å². The van der Waals surface area contributed by atoms with E-state index in [1.165, 1.54) is 12.5 Å². The zero-order valence-corrected chi connectivity index (χ0v) is 9.44. The predicted octanol–water partition coefficient (Wildman–Crippen LogP) is 2.34. The van der Waals surface area contributed by atoms with Crippen LogP contribution in [0.15, 0.2) is 21.9 Å². The smallest absolute Gasteiger partial charge is 0.278 e. The molecule has 0 bridgehead atoms. The van der Waals surface area contributed by atoms with Crippen molar-refractivity contribution in [1.29, 1.82) is 5.26 Å². The second-order valence-electron chi connectivity index (χ2n) is 3.79. The molecule has 1 aromatic rings. The molecule has 1 rings (SSSR count). The van der Waals surface area contributed by atoms with Crippen molar-refractivity contribution in [3.63, 3.8) is 0 Å². The third kappa shape index (κ3) is 3.45. The molecule has 0 aliphatic carbocycles. The van der Waals surface area contributed by atoms with E-state index in [2.05, 4.69) is 5.16 Å². The Labute approximate surface area is 83.9 Å². The first-order valence-electron chi connectivity index (χ1n) is 4.21. The Hall–Kier alpha value is -1.54. The first-order chi connectivity index (χ1) is 6.51. The molecule has 0 N–H and O–H groups in total. The van der Waals surface area contributed by atoms with E-state index in [1.807, 2.05) is 25.7 Å². The van der Waals surface area contributed by atoms with Crippen molar-refractivity contribution < 1.29 is 8.94 Å². The second kappa shape index (κ2) is 4.11. The van der Waals surface area contributed by atoms with Crippen LogP contribution < -0.4 is 0 Å². The molecular formula is C9H12N2O2Si. The summed E-state index contributed by atoms with van der Waals surface area (Å²) in [4.78, 5) is 0. The van der Waals surface area contributed by atoms with Gasteiger partial charge in [-0.15, -0.1) is 5.16 Å². The van der Waals surface area contributed by atoms with Crippen molar-refractivity contribution in [2.45, 2.75) is 19.6 Å². The largest absolute Gasteiger partial charge is 0.462 e. The van der Waals surface area contributed by atoms with Crippen LogP contribution in [0.1, 0.15) is 11.3 Å². The minimum Gasteiger partial charge on any atom is -0.462 e. The first-order valence-corrected chi connectivity index (χ1v) is 7.62. The SMILES string of the molecule is C[Si](C)(C)ON=Cc1cc(C#N)co1. The summed E-state index contributed by atoms with van der Waals surface area (Å²) >= 11 is 0. The Balaban J connectivity index is 2.57. The van der Waals surface area contributed by atoms with Crippen molar-refractivity contribution in [3.05, 3.63) is 23.7 Å². The van der Waals surface area contributed by atoms with Gasteiger partial charge >= 0.3 is 0 Å². The molecule has 5 heteroatoms. The lowest BCUT2D eigenvalue weighted by Gasteiger charge is -2.11. The van der Waals surface area contributed by atoms with E-state index in [0.717, 1.165) is 0 Å². The van der Waals surface area contributed by atoms with Crippen LogP contribution in [0, 0.1) is 11.3 Å². The lowest BCUT2D eigenvalue weighted by Crippen LogP contribution is -2.22. The van der Waals surface area contributed by atoms with Crippen LogP contribution in [-0.4, -0.2) is 14.5 Å². The summed E-state index contributed by atoms with van der Waals surface area (Å²) in [7, 11) is -1.62. The molecule has 0 saturated heterocycles. The molecule has 0 radical (unpaired) electrons. The Kier molecular flexibility index (Phi) is 3.09. The normalized spacial score (nSPS) is 11.6. The van der Waals surface area contributed by atoms with Gasteiger partial charge in [-0.2, -0.15) is 5.26 Å². The summed E-state index contributed by atoms with van der Waals surface area (Å²) in [6.07, 6.45) is 2.86. The van der Waals surface area contributed by atoms with Gasteiger partial charge in [-0.1, -0.05) is 0 Å². The van der Waals surface area contributed by atoms with Gasteiger partial charge in [0, 0.05) is 6.07 Å². The predicted molar refractivity (Wildman–Crippen MR) is 55.4 cm³/mol. The summed E-state index contributed by atoms with van der Waals surface area (Å²) in [5.74, 6) is 0.528. The number of furan rings is 1. The van der Waals surface area contributed by atoms with Crippen molar-refractivity contribution in [3.8, 4) is 6.07 Å². The van der Waals surface area contributed by atoms with Gasteiger partial charge in [0.15, 0.2) is 0 Å². The highest BCUT2D eigenvalue weighted by Gasteiger charge is 2.15. The van der Waals surface area contributed by atoms with Gasteiger partial charge in [0.1, 0.15) is 24.3 Å². The van der Waals surface area contributed by atoms with Crippen LogP contribution in [0.2, 0.25) is 19.6 Å². The molecule has 1 heterocycles. The molecule has 4 nitrogen and oxygen atoms in total. The van der Waals surface area contributed by atoms with Crippen LogP contribution in [0.4, 0.5) is 0 Å². The third-order valence-electron chi connectivity index (χ3n) is 1.26. The van der Waals surface area contributed by atoms with E-state index in [4.69, 9.17) is 14.2 Å². The molecule has 74 valence electrons. The lowest BCUT2D eigenvalue weighted by molar-refractivity contribution is 0.337. The average Bonchev–Trinajstić information content (AvgIpc) is 2.50. The number of rotatable bonds is 3. The van der Waals surface area contributed by atoms with Gasteiger partial charge in [0.25, 0.3) is 8.32 Å². The minimum absolute atomic E-state index is 0.486. The van der Waals surface area contributed by atoms with Crippen molar-refractivity contribution in [1.82, 2.24) is 0 Å². The van der Waals surface area contributed by atoms with Gasteiger partial charge in [-0.3, -0.25) is 0 Å². The van der Waals surface area contributed by atoms with Crippen LogP contribution in [0.25, 0.3) is 0 Å². The second-order valence-corrected chi connectivity index (χ2v) is 8.20. The molecular weight excluding hydrogens is 196 g/mol. The summed E-state index contributed by atoms with van der Waals surface area (Å²) < 4.78 is 10.3. The van der Waals surface area contributed by atoms with E-state index in [-0.39, 0.29) is 0 Å². The standard InChI is InChI=1S/C9H12N2O2Si/c1-14(2,3)13-11-6-9-4-8(5-10)7-12-9/h4,6-7H,1-3H3. The third-order valence-corrected chi connectivity index (χ3v) is 1.91. The number of nitrogens with zero attached hydrogens (tertiary/aromatic N) is 2. The van der Waals surface area contributed by atoms with E-state index < -0.39 is 8.32 Å². The fraction of sp³-hybridized carbons (Fsp3) is 0.333. The summed E-state index contributed by atoms with van der Waals surface area (Å²) in [6, 6.07) is 3.57. The number of hydrogen-bond acceptors (Lipinski definition) is 4. The highest BCUT2D eigenvalue weighted by Crippen LogP contribution is 2.06. The average molecular weight is 208 g/mol.